The molecule has 0 aromatic heterocycles. The molecule has 0 atom stereocenters. The quantitative estimate of drug-likeness (QED) is 0.620. The molecule has 0 amide bonds. The lowest BCUT2D eigenvalue weighted by atomic mass is 10.1. The molecular weight excluding hydrogens is 270 g/mol. The van der Waals surface area contributed by atoms with Crippen LogP contribution in [0.15, 0.2) is 36.4 Å². The van der Waals surface area contributed by atoms with Gasteiger partial charge in [0.1, 0.15) is 12.4 Å². The Labute approximate surface area is 123 Å². The SMILES string of the molecule is COc1ccc(COc2cc(C)cc(C)c2)cc1[N+](=O)[O-]. The summed E-state index contributed by atoms with van der Waals surface area (Å²) in [6.45, 7) is 4.27. The lowest BCUT2D eigenvalue weighted by molar-refractivity contribution is -0.385. The van der Waals surface area contributed by atoms with Gasteiger partial charge in [-0.25, -0.2) is 0 Å². The van der Waals surface area contributed by atoms with Gasteiger partial charge in [0, 0.05) is 6.07 Å². The van der Waals surface area contributed by atoms with Gasteiger partial charge in [-0.05, 0) is 48.7 Å². The van der Waals surface area contributed by atoms with E-state index in [2.05, 4.69) is 6.07 Å². The third-order valence-corrected chi connectivity index (χ3v) is 3.04. The van der Waals surface area contributed by atoms with E-state index in [1.54, 1.807) is 12.1 Å². The molecule has 0 unspecified atom stereocenters. The molecule has 0 fully saturated rings. The fourth-order valence-corrected chi connectivity index (χ4v) is 2.15. The van der Waals surface area contributed by atoms with E-state index in [1.807, 2.05) is 26.0 Å². The minimum Gasteiger partial charge on any atom is -0.490 e. The maximum atomic E-state index is 11.0. The average Bonchev–Trinajstić information content (AvgIpc) is 2.43. The van der Waals surface area contributed by atoms with E-state index in [0.29, 0.717) is 0 Å². The normalized spacial score (nSPS) is 10.2. The number of nitrogens with zero attached hydrogens (tertiary/aromatic N) is 1. The van der Waals surface area contributed by atoms with Gasteiger partial charge in [0.25, 0.3) is 0 Å². The van der Waals surface area contributed by atoms with Gasteiger partial charge in [-0.2, -0.15) is 0 Å². The van der Waals surface area contributed by atoms with Crippen molar-refractivity contribution < 1.29 is 14.4 Å². The number of rotatable bonds is 5. The average molecular weight is 287 g/mol. The lowest BCUT2D eigenvalue weighted by Gasteiger charge is -2.09. The number of ether oxygens (including phenoxy) is 2. The number of aryl methyl sites for hydroxylation is 2. The van der Waals surface area contributed by atoms with Crippen LogP contribution in [0.2, 0.25) is 0 Å². The van der Waals surface area contributed by atoms with Crippen LogP contribution in [0, 0.1) is 24.0 Å². The molecule has 110 valence electrons. The van der Waals surface area contributed by atoms with Crippen LogP contribution >= 0.6 is 0 Å². The molecule has 0 aliphatic carbocycles. The van der Waals surface area contributed by atoms with Crippen molar-refractivity contribution in [3.8, 4) is 11.5 Å². The highest BCUT2D eigenvalue weighted by molar-refractivity contribution is 5.48. The summed E-state index contributed by atoms with van der Waals surface area (Å²) in [6, 6.07) is 10.7. The summed E-state index contributed by atoms with van der Waals surface area (Å²) in [5.74, 6) is 1.00. The van der Waals surface area contributed by atoms with E-state index in [9.17, 15) is 10.1 Å². The van der Waals surface area contributed by atoms with Crippen LogP contribution in [0.5, 0.6) is 11.5 Å². The summed E-state index contributed by atoms with van der Waals surface area (Å²) in [5.41, 5.74) is 2.90. The molecule has 0 radical (unpaired) electrons. The lowest BCUT2D eigenvalue weighted by Crippen LogP contribution is -1.99. The molecule has 0 aliphatic rings. The van der Waals surface area contributed by atoms with Crippen LogP contribution < -0.4 is 9.47 Å². The second-order valence-corrected chi connectivity index (χ2v) is 4.88. The zero-order valence-electron chi connectivity index (χ0n) is 12.3. The Morgan fingerprint density at radius 1 is 1.10 bits per heavy atom. The molecule has 0 aliphatic heterocycles. The number of methoxy groups -OCH3 is 1. The van der Waals surface area contributed by atoms with Crippen molar-refractivity contribution in [3.05, 3.63) is 63.2 Å². The summed E-state index contributed by atoms with van der Waals surface area (Å²) >= 11 is 0. The minimum absolute atomic E-state index is 0.0565. The number of hydrogen-bond donors (Lipinski definition) is 0. The van der Waals surface area contributed by atoms with Crippen LogP contribution in [0.3, 0.4) is 0 Å². The molecule has 2 rings (SSSR count). The van der Waals surface area contributed by atoms with Gasteiger partial charge in [-0.15, -0.1) is 0 Å². The van der Waals surface area contributed by atoms with Crippen molar-refractivity contribution in [3.63, 3.8) is 0 Å². The first kappa shape index (κ1) is 14.8. The van der Waals surface area contributed by atoms with E-state index in [4.69, 9.17) is 9.47 Å². The summed E-state index contributed by atoms with van der Waals surface area (Å²) in [4.78, 5) is 10.5. The molecule has 0 saturated heterocycles. The third-order valence-electron chi connectivity index (χ3n) is 3.04. The first-order valence-electron chi connectivity index (χ1n) is 6.52. The molecule has 2 aromatic carbocycles. The van der Waals surface area contributed by atoms with E-state index >= 15 is 0 Å². The highest BCUT2D eigenvalue weighted by Crippen LogP contribution is 2.28. The Bertz CT molecular complexity index is 647. The summed E-state index contributed by atoms with van der Waals surface area (Å²) in [5, 5.41) is 11.0. The zero-order chi connectivity index (χ0) is 15.4. The third kappa shape index (κ3) is 3.72. The predicted molar refractivity (Wildman–Crippen MR) is 79.9 cm³/mol. The maximum Gasteiger partial charge on any atom is 0.311 e. The molecule has 21 heavy (non-hydrogen) atoms. The van der Waals surface area contributed by atoms with Gasteiger partial charge in [-0.1, -0.05) is 12.1 Å². The molecule has 0 spiro atoms. The first-order valence-corrected chi connectivity index (χ1v) is 6.52. The van der Waals surface area contributed by atoms with Gasteiger partial charge in [-0.3, -0.25) is 10.1 Å². The predicted octanol–water partition coefficient (Wildman–Crippen LogP) is 3.80. The Kier molecular flexibility index (Phi) is 4.42. The summed E-state index contributed by atoms with van der Waals surface area (Å²) in [6.07, 6.45) is 0. The highest BCUT2D eigenvalue weighted by Gasteiger charge is 2.15. The number of nitro benzene ring substituents is 1. The molecule has 0 saturated carbocycles. The van der Waals surface area contributed by atoms with Crippen LogP contribution in [-0.2, 0) is 6.61 Å². The van der Waals surface area contributed by atoms with E-state index in [0.717, 1.165) is 22.4 Å². The second-order valence-electron chi connectivity index (χ2n) is 4.88. The fourth-order valence-electron chi connectivity index (χ4n) is 2.15. The maximum absolute atomic E-state index is 11.0. The van der Waals surface area contributed by atoms with Gasteiger partial charge >= 0.3 is 5.69 Å². The minimum atomic E-state index is -0.459. The van der Waals surface area contributed by atoms with E-state index < -0.39 is 4.92 Å². The second kappa shape index (κ2) is 6.26. The Balaban J connectivity index is 2.16. The Hall–Kier alpha value is -2.56. The first-order chi connectivity index (χ1) is 9.99. The van der Waals surface area contributed by atoms with Crippen LogP contribution in [-0.4, -0.2) is 12.0 Å². The fraction of sp³-hybridized carbons (Fsp3) is 0.250. The van der Waals surface area contributed by atoms with Crippen molar-refractivity contribution in [1.82, 2.24) is 0 Å². The molecule has 5 nitrogen and oxygen atoms in total. The molecule has 0 heterocycles. The topological polar surface area (TPSA) is 61.6 Å². The van der Waals surface area contributed by atoms with Gasteiger partial charge in [0.05, 0.1) is 12.0 Å². The summed E-state index contributed by atoms with van der Waals surface area (Å²) < 4.78 is 10.7. The van der Waals surface area contributed by atoms with Crippen LogP contribution in [0.4, 0.5) is 5.69 Å². The van der Waals surface area contributed by atoms with Crippen molar-refractivity contribution in [2.45, 2.75) is 20.5 Å². The number of nitro groups is 1. The van der Waals surface area contributed by atoms with Gasteiger partial charge < -0.3 is 9.47 Å². The molecule has 0 bridgehead atoms. The smallest absolute Gasteiger partial charge is 0.311 e. The zero-order valence-corrected chi connectivity index (χ0v) is 12.3. The van der Waals surface area contributed by atoms with Crippen LogP contribution in [0.25, 0.3) is 0 Å². The van der Waals surface area contributed by atoms with E-state index in [1.165, 1.54) is 13.2 Å². The Morgan fingerprint density at radius 3 is 2.33 bits per heavy atom. The molecular formula is C16H17NO4. The van der Waals surface area contributed by atoms with Crippen molar-refractivity contribution in [2.24, 2.45) is 0 Å². The Morgan fingerprint density at radius 2 is 1.76 bits per heavy atom. The highest BCUT2D eigenvalue weighted by atomic mass is 16.6. The molecule has 2 aromatic rings. The largest absolute Gasteiger partial charge is 0.490 e. The van der Waals surface area contributed by atoms with E-state index in [-0.39, 0.29) is 18.0 Å². The molecule has 5 heteroatoms. The van der Waals surface area contributed by atoms with Crippen molar-refractivity contribution >= 4 is 5.69 Å². The summed E-state index contributed by atoms with van der Waals surface area (Å²) in [7, 11) is 1.41. The van der Waals surface area contributed by atoms with Crippen LogP contribution in [0.1, 0.15) is 16.7 Å². The van der Waals surface area contributed by atoms with Gasteiger partial charge in [0.2, 0.25) is 0 Å². The number of hydrogen-bond acceptors (Lipinski definition) is 4. The van der Waals surface area contributed by atoms with Crippen molar-refractivity contribution in [2.75, 3.05) is 7.11 Å². The van der Waals surface area contributed by atoms with Crippen molar-refractivity contribution in [1.29, 1.82) is 0 Å². The molecule has 0 N–H and O–H groups in total. The standard InChI is InChI=1S/C16H17NO4/c1-11-6-12(2)8-14(7-11)21-10-13-4-5-16(20-3)15(9-13)17(18)19/h4-9H,10H2,1-3H3. The monoisotopic (exact) mass is 287 g/mol. The number of benzene rings is 2. The van der Waals surface area contributed by atoms with Gasteiger partial charge in [0.15, 0.2) is 5.75 Å².